The maximum absolute atomic E-state index is 10.5. The summed E-state index contributed by atoms with van der Waals surface area (Å²) < 4.78 is 4.86. The number of nitrogens with one attached hydrogen (secondary N) is 1. The lowest BCUT2D eigenvalue weighted by atomic mass is 10.3. The molecule has 0 aliphatic rings. The SMILES string of the molecule is NC(=O)NCCN(CCOCC(=O)O)CCC(=O)O. The summed E-state index contributed by atoms with van der Waals surface area (Å²) in [4.78, 5) is 32.9. The van der Waals surface area contributed by atoms with Crippen LogP contribution in [0.15, 0.2) is 0 Å². The molecule has 0 aliphatic carbocycles. The van der Waals surface area contributed by atoms with E-state index in [-0.39, 0.29) is 26.1 Å². The van der Waals surface area contributed by atoms with Gasteiger partial charge in [-0.05, 0) is 0 Å². The second-order valence-corrected chi connectivity index (χ2v) is 3.72. The highest BCUT2D eigenvalue weighted by molar-refractivity contribution is 5.71. The maximum atomic E-state index is 10.5. The molecular weight excluding hydrogens is 258 g/mol. The highest BCUT2D eigenvalue weighted by Crippen LogP contribution is 1.92. The van der Waals surface area contributed by atoms with Gasteiger partial charge in [-0.15, -0.1) is 0 Å². The zero-order valence-corrected chi connectivity index (χ0v) is 10.5. The predicted molar refractivity (Wildman–Crippen MR) is 64.7 cm³/mol. The molecule has 9 nitrogen and oxygen atoms in total. The van der Waals surface area contributed by atoms with Crippen LogP contribution in [0.3, 0.4) is 0 Å². The molecule has 0 atom stereocenters. The van der Waals surface area contributed by atoms with Crippen LogP contribution in [0.5, 0.6) is 0 Å². The standard InChI is InChI=1S/C10H19N3O6/c11-10(18)12-2-4-13(3-1-8(14)15)5-6-19-7-9(16)17/h1-7H2,(H,14,15)(H,16,17)(H3,11,12,18). The molecule has 110 valence electrons. The van der Waals surface area contributed by atoms with Gasteiger partial charge in [0.15, 0.2) is 0 Å². The molecule has 9 heteroatoms. The molecule has 0 heterocycles. The van der Waals surface area contributed by atoms with Crippen LogP contribution in [-0.2, 0) is 14.3 Å². The van der Waals surface area contributed by atoms with Crippen LogP contribution in [0.4, 0.5) is 4.79 Å². The van der Waals surface area contributed by atoms with Gasteiger partial charge >= 0.3 is 18.0 Å². The largest absolute Gasteiger partial charge is 0.481 e. The Morgan fingerprint density at radius 1 is 1.11 bits per heavy atom. The molecule has 0 spiro atoms. The molecule has 0 saturated carbocycles. The molecule has 0 fully saturated rings. The molecule has 19 heavy (non-hydrogen) atoms. The Hall–Kier alpha value is -1.87. The van der Waals surface area contributed by atoms with Crippen LogP contribution < -0.4 is 11.1 Å². The first-order valence-electron chi connectivity index (χ1n) is 5.68. The van der Waals surface area contributed by atoms with Crippen molar-refractivity contribution in [2.24, 2.45) is 5.73 Å². The smallest absolute Gasteiger partial charge is 0.329 e. The Bertz CT molecular complexity index is 310. The van der Waals surface area contributed by atoms with E-state index in [1.54, 1.807) is 4.90 Å². The number of nitrogens with two attached hydrogens (primary N) is 1. The van der Waals surface area contributed by atoms with Gasteiger partial charge in [-0.2, -0.15) is 0 Å². The fourth-order valence-corrected chi connectivity index (χ4v) is 1.28. The van der Waals surface area contributed by atoms with E-state index in [1.165, 1.54) is 0 Å². The van der Waals surface area contributed by atoms with Crippen LogP contribution in [0.1, 0.15) is 6.42 Å². The van der Waals surface area contributed by atoms with Crippen molar-refractivity contribution in [3.8, 4) is 0 Å². The van der Waals surface area contributed by atoms with Crippen LogP contribution in [0.25, 0.3) is 0 Å². The summed E-state index contributed by atoms with van der Waals surface area (Å²) in [6.45, 7) is 1.13. The number of aliphatic carboxylic acids is 2. The summed E-state index contributed by atoms with van der Waals surface area (Å²) in [5.41, 5.74) is 4.90. The van der Waals surface area contributed by atoms with E-state index >= 15 is 0 Å². The van der Waals surface area contributed by atoms with Gasteiger partial charge in [0.25, 0.3) is 0 Å². The average Bonchev–Trinajstić information content (AvgIpc) is 2.29. The number of hydrogen-bond acceptors (Lipinski definition) is 5. The lowest BCUT2D eigenvalue weighted by Gasteiger charge is -2.21. The fraction of sp³-hybridized carbons (Fsp3) is 0.700. The van der Waals surface area contributed by atoms with Gasteiger partial charge in [-0.1, -0.05) is 0 Å². The summed E-state index contributed by atoms with van der Waals surface area (Å²) in [6.07, 6.45) is -0.0461. The Morgan fingerprint density at radius 2 is 1.79 bits per heavy atom. The zero-order valence-electron chi connectivity index (χ0n) is 10.5. The quantitative estimate of drug-likeness (QED) is 0.338. The number of ether oxygens (including phenoxy) is 1. The highest BCUT2D eigenvalue weighted by atomic mass is 16.5. The van der Waals surface area contributed by atoms with Crippen LogP contribution in [-0.4, -0.2) is 72.5 Å². The van der Waals surface area contributed by atoms with Gasteiger partial charge in [0.2, 0.25) is 0 Å². The number of hydrogen-bond donors (Lipinski definition) is 4. The second kappa shape index (κ2) is 10.1. The number of carbonyl (C=O) groups excluding carboxylic acids is 1. The monoisotopic (exact) mass is 277 g/mol. The summed E-state index contributed by atoms with van der Waals surface area (Å²) in [5, 5.41) is 19.4. The van der Waals surface area contributed by atoms with Crippen molar-refractivity contribution in [1.29, 1.82) is 0 Å². The van der Waals surface area contributed by atoms with Crippen molar-refractivity contribution in [2.45, 2.75) is 6.42 Å². The predicted octanol–water partition coefficient (Wildman–Crippen LogP) is -1.47. The van der Waals surface area contributed by atoms with Gasteiger partial charge in [0.05, 0.1) is 13.0 Å². The number of carbonyl (C=O) groups is 3. The van der Waals surface area contributed by atoms with Crippen molar-refractivity contribution in [1.82, 2.24) is 10.2 Å². The molecule has 0 aliphatic heterocycles. The maximum Gasteiger partial charge on any atom is 0.329 e. The third kappa shape index (κ3) is 12.4. The van der Waals surface area contributed by atoms with E-state index < -0.39 is 24.6 Å². The molecule has 0 saturated heterocycles. The van der Waals surface area contributed by atoms with E-state index in [2.05, 4.69) is 5.32 Å². The van der Waals surface area contributed by atoms with Crippen molar-refractivity contribution in [3.05, 3.63) is 0 Å². The molecule has 0 aromatic heterocycles. The van der Waals surface area contributed by atoms with Crippen LogP contribution in [0.2, 0.25) is 0 Å². The summed E-state index contributed by atoms with van der Waals surface area (Å²) >= 11 is 0. The van der Waals surface area contributed by atoms with E-state index in [0.717, 1.165) is 0 Å². The Labute approximate surface area is 110 Å². The molecule has 0 unspecified atom stereocenters. The molecule has 0 rings (SSSR count). The fourth-order valence-electron chi connectivity index (χ4n) is 1.28. The first-order valence-corrected chi connectivity index (χ1v) is 5.68. The molecule has 0 aromatic rings. The van der Waals surface area contributed by atoms with Gasteiger partial charge in [0, 0.05) is 26.2 Å². The normalized spacial score (nSPS) is 10.4. The van der Waals surface area contributed by atoms with E-state index in [0.29, 0.717) is 13.1 Å². The second-order valence-electron chi connectivity index (χ2n) is 3.72. The molecule has 0 aromatic carbocycles. The number of carboxylic acids is 2. The highest BCUT2D eigenvalue weighted by Gasteiger charge is 2.08. The number of carboxylic acid groups (broad SMARTS) is 2. The number of nitrogens with zero attached hydrogens (tertiary/aromatic N) is 1. The van der Waals surface area contributed by atoms with Crippen LogP contribution >= 0.6 is 0 Å². The minimum atomic E-state index is -1.06. The van der Waals surface area contributed by atoms with Gasteiger partial charge < -0.3 is 26.0 Å². The number of amides is 2. The van der Waals surface area contributed by atoms with E-state index in [1.807, 2.05) is 0 Å². The Morgan fingerprint density at radius 3 is 2.32 bits per heavy atom. The Kier molecular flexibility index (Phi) is 9.10. The van der Waals surface area contributed by atoms with E-state index in [9.17, 15) is 14.4 Å². The molecule has 0 radical (unpaired) electrons. The first-order chi connectivity index (χ1) is 8.91. The molecule has 5 N–H and O–H groups in total. The topological polar surface area (TPSA) is 142 Å². The first kappa shape index (κ1) is 17.1. The Balaban J connectivity index is 3.91. The van der Waals surface area contributed by atoms with Crippen molar-refractivity contribution in [3.63, 3.8) is 0 Å². The number of primary amides is 1. The lowest BCUT2D eigenvalue weighted by Crippen LogP contribution is -2.39. The van der Waals surface area contributed by atoms with E-state index in [4.69, 9.17) is 20.7 Å². The average molecular weight is 277 g/mol. The lowest BCUT2D eigenvalue weighted by molar-refractivity contribution is -0.142. The minimum Gasteiger partial charge on any atom is -0.481 e. The summed E-state index contributed by atoms with van der Waals surface area (Å²) in [5.74, 6) is -1.99. The third-order valence-electron chi connectivity index (χ3n) is 2.15. The van der Waals surface area contributed by atoms with Crippen molar-refractivity contribution >= 4 is 18.0 Å². The molecule has 0 bridgehead atoms. The van der Waals surface area contributed by atoms with Crippen molar-refractivity contribution < 1.29 is 29.3 Å². The molecule has 2 amide bonds. The summed E-state index contributed by atoms with van der Waals surface area (Å²) in [7, 11) is 0. The third-order valence-corrected chi connectivity index (χ3v) is 2.15. The van der Waals surface area contributed by atoms with Gasteiger partial charge in [0.1, 0.15) is 6.61 Å². The number of urea groups is 1. The number of rotatable bonds is 11. The summed E-state index contributed by atoms with van der Waals surface area (Å²) in [6, 6.07) is -0.652. The zero-order chi connectivity index (χ0) is 14.7. The van der Waals surface area contributed by atoms with Crippen LogP contribution in [0, 0.1) is 0 Å². The van der Waals surface area contributed by atoms with Gasteiger partial charge in [-0.25, -0.2) is 9.59 Å². The van der Waals surface area contributed by atoms with Gasteiger partial charge in [-0.3, -0.25) is 9.69 Å². The minimum absolute atomic E-state index is 0.0461. The van der Waals surface area contributed by atoms with Crippen molar-refractivity contribution in [2.75, 3.05) is 39.4 Å². The molecular formula is C10H19N3O6.